The summed E-state index contributed by atoms with van der Waals surface area (Å²) in [4.78, 5) is 45.4. The van der Waals surface area contributed by atoms with E-state index in [1.807, 2.05) is 70.5 Å². The van der Waals surface area contributed by atoms with Crippen molar-refractivity contribution in [3.05, 3.63) is 101 Å². The van der Waals surface area contributed by atoms with Gasteiger partial charge in [-0.15, -0.1) is 0 Å². The molecule has 3 heterocycles. The summed E-state index contributed by atoms with van der Waals surface area (Å²) in [5.41, 5.74) is 5.57. The fourth-order valence-electron chi connectivity index (χ4n) is 6.03. The van der Waals surface area contributed by atoms with Gasteiger partial charge in [0.1, 0.15) is 0 Å². The number of rotatable bonds is 3. The lowest BCUT2D eigenvalue weighted by atomic mass is 9.75. The number of piperazine rings is 1. The summed E-state index contributed by atoms with van der Waals surface area (Å²) in [6.45, 7) is 4.89. The summed E-state index contributed by atoms with van der Waals surface area (Å²) >= 11 is 0. The van der Waals surface area contributed by atoms with E-state index in [2.05, 4.69) is 17.0 Å². The van der Waals surface area contributed by atoms with E-state index in [0.717, 1.165) is 36.3 Å². The number of hydrogen-bond acceptors (Lipinski definition) is 4. The highest BCUT2D eigenvalue weighted by Crippen LogP contribution is 2.46. The minimum atomic E-state index is -0.415. The van der Waals surface area contributed by atoms with Gasteiger partial charge in [0, 0.05) is 49.5 Å². The SMILES string of the molecule is CC(=O)c1ccc(N2CCN(C(=O)[C@@H]3c4ccccc4C(=O)N4CCc5ccccc5[C@H]34)CC2)cc1. The average Bonchev–Trinajstić information content (AvgIpc) is 2.93. The molecule has 1 fully saturated rings. The first kappa shape index (κ1) is 22.5. The molecule has 3 aromatic rings. The number of benzene rings is 3. The van der Waals surface area contributed by atoms with Crippen LogP contribution in [-0.2, 0) is 11.2 Å². The van der Waals surface area contributed by atoms with Gasteiger partial charge in [-0.25, -0.2) is 0 Å². The fourth-order valence-corrected chi connectivity index (χ4v) is 6.03. The van der Waals surface area contributed by atoms with E-state index in [0.29, 0.717) is 30.8 Å². The molecule has 36 heavy (non-hydrogen) atoms. The Kier molecular flexibility index (Phi) is 5.59. The van der Waals surface area contributed by atoms with Crippen LogP contribution >= 0.6 is 0 Å². The molecule has 0 unspecified atom stereocenters. The largest absolute Gasteiger partial charge is 0.368 e. The zero-order valence-corrected chi connectivity index (χ0v) is 20.4. The number of Topliss-reactive ketones (excluding diaryl/α,β-unsaturated/α-hetero) is 1. The first-order valence-corrected chi connectivity index (χ1v) is 12.7. The Morgan fingerprint density at radius 2 is 1.44 bits per heavy atom. The van der Waals surface area contributed by atoms with Gasteiger partial charge in [0.05, 0.1) is 12.0 Å². The molecule has 2 amide bonds. The van der Waals surface area contributed by atoms with Crippen LogP contribution in [0.4, 0.5) is 5.69 Å². The van der Waals surface area contributed by atoms with Crippen LogP contribution in [-0.4, -0.2) is 60.1 Å². The Hall–Kier alpha value is -3.93. The summed E-state index contributed by atoms with van der Waals surface area (Å²) in [6.07, 6.45) is 0.808. The van der Waals surface area contributed by atoms with E-state index in [1.165, 1.54) is 5.56 Å². The van der Waals surface area contributed by atoms with Crippen molar-refractivity contribution in [1.29, 1.82) is 0 Å². The third-order valence-corrected chi connectivity index (χ3v) is 7.93. The van der Waals surface area contributed by atoms with Gasteiger partial charge in [-0.1, -0.05) is 42.5 Å². The van der Waals surface area contributed by atoms with Gasteiger partial charge in [0.2, 0.25) is 5.91 Å². The second-order valence-electron chi connectivity index (χ2n) is 9.87. The number of carbonyl (C=O) groups is 3. The van der Waals surface area contributed by atoms with Gasteiger partial charge in [-0.2, -0.15) is 0 Å². The van der Waals surface area contributed by atoms with Crippen LogP contribution in [0.5, 0.6) is 0 Å². The zero-order chi connectivity index (χ0) is 24.8. The molecule has 3 aromatic carbocycles. The first-order valence-electron chi connectivity index (χ1n) is 12.7. The van der Waals surface area contributed by atoms with Gasteiger partial charge in [-0.05, 0) is 60.4 Å². The van der Waals surface area contributed by atoms with Crippen molar-refractivity contribution in [1.82, 2.24) is 9.80 Å². The molecule has 0 saturated carbocycles. The predicted molar refractivity (Wildman–Crippen MR) is 138 cm³/mol. The zero-order valence-electron chi connectivity index (χ0n) is 20.4. The quantitative estimate of drug-likeness (QED) is 0.532. The number of anilines is 1. The number of ketones is 1. The Labute approximate surface area is 211 Å². The molecule has 1 saturated heterocycles. The Morgan fingerprint density at radius 1 is 0.778 bits per heavy atom. The van der Waals surface area contributed by atoms with Crippen LogP contribution < -0.4 is 4.90 Å². The maximum atomic E-state index is 14.2. The van der Waals surface area contributed by atoms with E-state index in [-0.39, 0.29) is 23.6 Å². The molecule has 0 N–H and O–H groups in total. The number of carbonyl (C=O) groups excluding carboxylic acids is 3. The van der Waals surface area contributed by atoms with E-state index in [1.54, 1.807) is 6.92 Å². The molecule has 0 radical (unpaired) electrons. The number of nitrogens with zero attached hydrogens (tertiary/aromatic N) is 3. The predicted octanol–water partition coefficient (Wildman–Crippen LogP) is 4.07. The van der Waals surface area contributed by atoms with Gasteiger partial charge < -0.3 is 14.7 Å². The van der Waals surface area contributed by atoms with Crippen LogP contribution in [0.25, 0.3) is 0 Å². The van der Waals surface area contributed by atoms with Crippen molar-refractivity contribution in [2.45, 2.75) is 25.3 Å². The molecule has 0 spiro atoms. The minimum absolute atomic E-state index is 0.0213. The van der Waals surface area contributed by atoms with Crippen LogP contribution in [0.3, 0.4) is 0 Å². The van der Waals surface area contributed by atoms with Crippen LogP contribution in [0.1, 0.15) is 56.3 Å². The third kappa shape index (κ3) is 3.68. The summed E-state index contributed by atoms with van der Waals surface area (Å²) < 4.78 is 0. The Balaban J connectivity index is 1.29. The van der Waals surface area contributed by atoms with Crippen molar-refractivity contribution in [3.63, 3.8) is 0 Å². The topological polar surface area (TPSA) is 60.9 Å². The maximum absolute atomic E-state index is 14.2. The number of hydrogen-bond donors (Lipinski definition) is 0. The first-order chi connectivity index (χ1) is 17.5. The minimum Gasteiger partial charge on any atom is -0.368 e. The Bertz CT molecular complexity index is 1340. The van der Waals surface area contributed by atoms with E-state index < -0.39 is 5.92 Å². The normalized spacial score (nSPS) is 20.9. The second-order valence-corrected chi connectivity index (χ2v) is 9.87. The van der Waals surface area contributed by atoms with Gasteiger partial charge in [0.15, 0.2) is 5.78 Å². The van der Waals surface area contributed by atoms with Crippen LogP contribution in [0.2, 0.25) is 0 Å². The molecule has 3 aliphatic rings. The number of amides is 2. The van der Waals surface area contributed by atoms with Gasteiger partial charge in [-0.3, -0.25) is 14.4 Å². The second kappa shape index (κ2) is 8.94. The van der Waals surface area contributed by atoms with E-state index in [4.69, 9.17) is 0 Å². The summed E-state index contributed by atoms with van der Waals surface area (Å²) in [5.74, 6) is -0.246. The highest BCUT2D eigenvalue weighted by Gasteiger charge is 2.47. The highest BCUT2D eigenvalue weighted by atomic mass is 16.2. The van der Waals surface area contributed by atoms with E-state index >= 15 is 0 Å². The molecule has 0 aromatic heterocycles. The van der Waals surface area contributed by atoms with Gasteiger partial charge >= 0.3 is 0 Å². The van der Waals surface area contributed by atoms with Crippen molar-refractivity contribution >= 4 is 23.3 Å². The monoisotopic (exact) mass is 479 g/mol. The summed E-state index contributed by atoms with van der Waals surface area (Å²) in [5, 5.41) is 0. The lowest BCUT2D eigenvalue weighted by molar-refractivity contribution is -0.135. The molecule has 6 heteroatoms. The smallest absolute Gasteiger partial charge is 0.254 e. The van der Waals surface area contributed by atoms with E-state index in [9.17, 15) is 14.4 Å². The molecule has 182 valence electrons. The van der Waals surface area contributed by atoms with Crippen LogP contribution in [0, 0.1) is 0 Å². The molecule has 0 bridgehead atoms. The summed E-state index contributed by atoms with van der Waals surface area (Å²) in [6, 6.07) is 23.3. The summed E-state index contributed by atoms with van der Waals surface area (Å²) in [7, 11) is 0. The van der Waals surface area contributed by atoms with Crippen molar-refractivity contribution in [2.24, 2.45) is 0 Å². The van der Waals surface area contributed by atoms with Gasteiger partial charge in [0.25, 0.3) is 5.91 Å². The Morgan fingerprint density at radius 3 is 2.17 bits per heavy atom. The van der Waals surface area contributed by atoms with Crippen LogP contribution in [0.15, 0.2) is 72.8 Å². The molecule has 3 aliphatic heterocycles. The molecule has 6 rings (SSSR count). The number of fused-ring (bicyclic) bond motifs is 4. The third-order valence-electron chi connectivity index (χ3n) is 7.93. The molecule has 2 atom stereocenters. The lowest BCUT2D eigenvalue weighted by Gasteiger charge is -2.47. The molecular formula is C30H29N3O3. The fraction of sp³-hybridized carbons (Fsp3) is 0.300. The van der Waals surface area contributed by atoms with Crippen molar-refractivity contribution in [3.8, 4) is 0 Å². The average molecular weight is 480 g/mol. The molecular weight excluding hydrogens is 450 g/mol. The molecule has 0 aliphatic carbocycles. The van der Waals surface area contributed by atoms with Crippen molar-refractivity contribution in [2.75, 3.05) is 37.6 Å². The standard InChI is InChI=1S/C30H29N3O3/c1-20(34)21-10-12-23(13-11-21)31-16-18-32(19-17-31)30(36)27-25-8-4-5-9-26(25)29(35)33-15-14-22-6-2-3-7-24(22)28(27)33/h2-13,27-28H,14-19H2,1H3/t27-,28-/m1/s1. The maximum Gasteiger partial charge on any atom is 0.254 e. The lowest BCUT2D eigenvalue weighted by Crippen LogP contribution is -2.54. The van der Waals surface area contributed by atoms with Crippen molar-refractivity contribution < 1.29 is 14.4 Å². The highest BCUT2D eigenvalue weighted by molar-refractivity contribution is 6.01. The molecule has 6 nitrogen and oxygen atoms in total.